The van der Waals surface area contributed by atoms with E-state index < -0.39 is 5.66 Å². The topological polar surface area (TPSA) is 18.8 Å². The van der Waals surface area contributed by atoms with Crippen LogP contribution in [0, 0.1) is 0 Å². The van der Waals surface area contributed by atoms with Gasteiger partial charge in [-0.15, -0.1) is 11.8 Å². The second-order valence-corrected chi connectivity index (χ2v) is 11.9. The fourth-order valence-electron chi connectivity index (χ4n) is 5.73. The zero-order valence-corrected chi connectivity index (χ0v) is 23.6. The lowest BCUT2D eigenvalue weighted by Crippen LogP contribution is -2.54. The van der Waals surface area contributed by atoms with Gasteiger partial charge >= 0.3 is 0 Å². The largest absolute Gasteiger partial charge is 0.294 e. The third-order valence-electron chi connectivity index (χ3n) is 7.48. The fraction of sp³-hybridized carbons (Fsp3) is 0.0882. The highest BCUT2D eigenvalue weighted by Crippen LogP contribution is 2.57. The Morgan fingerprint density at radius 3 is 2.03 bits per heavy atom. The molecule has 2 heterocycles. The molecule has 0 N–H and O–H groups in total. The molecule has 0 spiro atoms. The van der Waals surface area contributed by atoms with Crippen molar-refractivity contribution < 1.29 is 0 Å². The molecule has 0 saturated carbocycles. The zero-order valence-electron chi connectivity index (χ0n) is 21.2. The first-order valence-corrected chi connectivity index (χ1v) is 14.8. The molecule has 39 heavy (non-hydrogen) atoms. The van der Waals surface area contributed by atoms with Gasteiger partial charge in [-0.2, -0.15) is 5.10 Å². The molecule has 3 nitrogen and oxygen atoms in total. The highest BCUT2D eigenvalue weighted by Gasteiger charge is 2.55. The SMILES string of the molecule is Brc1ccc(C2CC3(c4ccccc4)N(c4ccccc4)N=C(c4ccccc4)N3c3ccccc3S2)cc1. The summed E-state index contributed by atoms with van der Waals surface area (Å²) in [6.45, 7) is 0. The quantitative estimate of drug-likeness (QED) is 0.209. The number of fused-ring (bicyclic) bond motifs is 3. The Morgan fingerprint density at radius 2 is 1.31 bits per heavy atom. The summed E-state index contributed by atoms with van der Waals surface area (Å²) in [5, 5.41) is 7.92. The van der Waals surface area contributed by atoms with E-state index in [-0.39, 0.29) is 5.25 Å². The van der Waals surface area contributed by atoms with Gasteiger partial charge in [0.05, 0.1) is 11.4 Å². The summed E-state index contributed by atoms with van der Waals surface area (Å²) in [7, 11) is 0. The van der Waals surface area contributed by atoms with E-state index in [1.807, 2.05) is 11.8 Å². The Morgan fingerprint density at radius 1 is 0.692 bits per heavy atom. The number of halogens is 1. The van der Waals surface area contributed by atoms with E-state index in [1.165, 1.54) is 21.7 Å². The maximum atomic E-state index is 5.46. The minimum atomic E-state index is -0.592. The van der Waals surface area contributed by atoms with Crippen LogP contribution in [0.3, 0.4) is 0 Å². The van der Waals surface area contributed by atoms with E-state index in [2.05, 4.69) is 165 Å². The molecule has 0 aromatic heterocycles. The summed E-state index contributed by atoms with van der Waals surface area (Å²) < 4.78 is 1.09. The first-order chi connectivity index (χ1) is 19.2. The molecule has 0 aliphatic carbocycles. The van der Waals surface area contributed by atoms with Crippen LogP contribution in [0.5, 0.6) is 0 Å². The van der Waals surface area contributed by atoms with Gasteiger partial charge in [-0.05, 0) is 42.0 Å². The fourth-order valence-corrected chi connectivity index (χ4v) is 7.35. The lowest BCUT2D eigenvalue weighted by atomic mass is 9.88. The molecular formula is C34H26BrN3S. The van der Waals surface area contributed by atoms with Crippen molar-refractivity contribution in [1.82, 2.24) is 0 Å². The Balaban J connectivity index is 1.55. The molecule has 190 valence electrons. The Bertz CT molecular complexity index is 1620. The number of rotatable bonds is 4. The van der Waals surface area contributed by atoms with Gasteiger partial charge in [-0.25, -0.2) is 5.01 Å². The van der Waals surface area contributed by atoms with Gasteiger partial charge in [0, 0.05) is 32.2 Å². The normalized spacial score (nSPS) is 20.1. The summed E-state index contributed by atoms with van der Waals surface area (Å²) in [4.78, 5) is 3.74. The predicted molar refractivity (Wildman–Crippen MR) is 166 cm³/mol. The number of benzene rings is 5. The van der Waals surface area contributed by atoms with Crippen molar-refractivity contribution in [2.24, 2.45) is 5.10 Å². The summed E-state index contributed by atoms with van der Waals surface area (Å²) in [5.41, 5.74) is 5.26. The Labute approximate surface area is 241 Å². The first-order valence-electron chi connectivity index (χ1n) is 13.1. The molecule has 0 radical (unpaired) electrons. The number of hydrazone groups is 1. The lowest BCUT2D eigenvalue weighted by Gasteiger charge is -2.45. The van der Waals surface area contributed by atoms with Crippen LogP contribution in [0.1, 0.15) is 28.4 Å². The molecule has 5 aromatic carbocycles. The monoisotopic (exact) mass is 587 g/mol. The number of nitrogens with zero attached hydrogens (tertiary/aromatic N) is 3. The van der Waals surface area contributed by atoms with Gasteiger partial charge in [-0.1, -0.05) is 119 Å². The van der Waals surface area contributed by atoms with Crippen molar-refractivity contribution in [3.05, 3.63) is 161 Å². The van der Waals surface area contributed by atoms with Crippen LogP contribution < -0.4 is 9.91 Å². The molecule has 0 amide bonds. The average molecular weight is 589 g/mol. The molecule has 5 aromatic rings. The van der Waals surface area contributed by atoms with Gasteiger partial charge in [0.1, 0.15) is 0 Å². The lowest BCUT2D eigenvalue weighted by molar-refractivity contribution is 0.407. The van der Waals surface area contributed by atoms with Gasteiger partial charge in [0.2, 0.25) is 0 Å². The molecule has 0 bridgehead atoms. The molecule has 7 rings (SSSR count). The van der Waals surface area contributed by atoms with Crippen molar-refractivity contribution in [2.45, 2.75) is 22.2 Å². The van der Waals surface area contributed by atoms with Crippen molar-refractivity contribution in [2.75, 3.05) is 9.91 Å². The third-order valence-corrected chi connectivity index (χ3v) is 9.33. The summed E-state index contributed by atoms with van der Waals surface area (Å²) in [5.74, 6) is 0.952. The Hall–Kier alpha value is -3.80. The summed E-state index contributed by atoms with van der Waals surface area (Å²) >= 11 is 5.58. The van der Waals surface area contributed by atoms with Crippen LogP contribution in [0.25, 0.3) is 0 Å². The summed E-state index contributed by atoms with van der Waals surface area (Å²) in [6, 6.07) is 49.6. The van der Waals surface area contributed by atoms with Gasteiger partial charge in [-0.3, -0.25) is 4.90 Å². The van der Waals surface area contributed by atoms with Crippen molar-refractivity contribution in [1.29, 1.82) is 0 Å². The van der Waals surface area contributed by atoms with Crippen LogP contribution in [-0.2, 0) is 5.66 Å². The molecule has 2 unspecified atom stereocenters. The van der Waals surface area contributed by atoms with Crippen LogP contribution >= 0.6 is 27.7 Å². The minimum Gasteiger partial charge on any atom is -0.294 e. The third kappa shape index (κ3) is 4.17. The second kappa shape index (κ2) is 10.1. The van der Waals surface area contributed by atoms with Gasteiger partial charge in [0.25, 0.3) is 0 Å². The van der Waals surface area contributed by atoms with Crippen molar-refractivity contribution in [3.63, 3.8) is 0 Å². The summed E-state index contributed by atoms with van der Waals surface area (Å²) in [6.07, 6.45) is 0.826. The van der Waals surface area contributed by atoms with E-state index in [0.29, 0.717) is 0 Å². The molecule has 0 saturated heterocycles. The standard InChI is InChI=1S/C34H26BrN3S/c35-28-22-20-25(21-23-28)32-24-34(27-14-6-2-7-15-27)37(30-18-10-11-19-31(30)39-32)33(26-12-4-1-5-13-26)36-38(34)29-16-8-3-9-17-29/h1-23,32H,24H2. The zero-order chi connectivity index (χ0) is 26.2. The van der Waals surface area contributed by atoms with Crippen LogP contribution in [0.2, 0.25) is 0 Å². The van der Waals surface area contributed by atoms with Gasteiger partial charge in [0.15, 0.2) is 11.5 Å². The van der Waals surface area contributed by atoms with E-state index in [9.17, 15) is 0 Å². The first kappa shape index (κ1) is 24.3. The predicted octanol–water partition coefficient (Wildman–Crippen LogP) is 9.23. The van der Waals surface area contributed by atoms with E-state index in [1.54, 1.807) is 0 Å². The van der Waals surface area contributed by atoms with E-state index >= 15 is 0 Å². The Kier molecular flexibility index (Phi) is 6.26. The van der Waals surface area contributed by atoms with E-state index in [0.717, 1.165) is 28.0 Å². The number of thioether (sulfide) groups is 1. The van der Waals surface area contributed by atoms with Gasteiger partial charge < -0.3 is 0 Å². The minimum absolute atomic E-state index is 0.195. The molecule has 0 fully saturated rings. The van der Waals surface area contributed by atoms with E-state index in [4.69, 9.17) is 5.10 Å². The number of hydrogen-bond donors (Lipinski definition) is 0. The highest BCUT2D eigenvalue weighted by molar-refractivity contribution is 9.10. The van der Waals surface area contributed by atoms with Crippen molar-refractivity contribution >= 4 is 44.9 Å². The van der Waals surface area contributed by atoms with Crippen LogP contribution in [-0.4, -0.2) is 5.84 Å². The molecular weight excluding hydrogens is 562 g/mol. The molecule has 2 aliphatic heterocycles. The van der Waals surface area contributed by atoms with Crippen molar-refractivity contribution in [3.8, 4) is 0 Å². The number of para-hydroxylation sites is 2. The highest BCUT2D eigenvalue weighted by atomic mass is 79.9. The maximum absolute atomic E-state index is 5.46. The van der Waals surface area contributed by atoms with Crippen LogP contribution in [0.4, 0.5) is 11.4 Å². The molecule has 5 heteroatoms. The second-order valence-electron chi connectivity index (χ2n) is 9.78. The molecule has 2 aliphatic rings. The average Bonchev–Trinajstić information content (AvgIpc) is 3.26. The maximum Gasteiger partial charge on any atom is 0.167 e. The van der Waals surface area contributed by atoms with Crippen LogP contribution in [0.15, 0.2) is 154 Å². The smallest absolute Gasteiger partial charge is 0.167 e. The molecule has 2 atom stereocenters. The number of anilines is 2. The number of hydrogen-bond acceptors (Lipinski definition) is 4. The number of amidine groups is 1.